The Morgan fingerprint density at radius 3 is 2.59 bits per heavy atom. The molecule has 2 N–H and O–H groups in total. The second-order valence-corrected chi connectivity index (χ2v) is 11.2. The first kappa shape index (κ1) is 29.6. The number of pyridine rings is 1. The van der Waals surface area contributed by atoms with E-state index in [1.807, 2.05) is 48.5 Å². The van der Waals surface area contributed by atoms with Crippen LogP contribution in [0.2, 0.25) is 5.02 Å². The highest BCUT2D eigenvalue weighted by molar-refractivity contribution is 6.32. The van der Waals surface area contributed by atoms with Gasteiger partial charge in [-0.05, 0) is 78.7 Å². The summed E-state index contributed by atoms with van der Waals surface area (Å²) in [6.45, 7) is 6.65. The van der Waals surface area contributed by atoms with Crippen LogP contribution >= 0.6 is 11.6 Å². The van der Waals surface area contributed by atoms with E-state index >= 15 is 0 Å². The fraction of sp³-hybridized carbons (Fsp3) is 0.222. The topological polar surface area (TPSA) is 82.4 Å². The number of para-hydroxylation sites is 1. The number of fused-ring (bicyclic) bond motifs is 1. The first-order valence-corrected chi connectivity index (χ1v) is 15.3. The number of hydrogen-bond acceptors (Lipinski definition) is 7. The number of rotatable bonds is 11. The molecule has 7 nitrogen and oxygen atoms in total. The molecular weight excluding hydrogens is 570 g/mol. The maximum Gasteiger partial charge on any atom is 0.146 e. The number of nitrogens with zero attached hydrogens (tertiary/aromatic N) is 3. The predicted molar refractivity (Wildman–Crippen MR) is 177 cm³/mol. The maximum absolute atomic E-state index is 9.86. The molecule has 1 saturated heterocycles. The summed E-state index contributed by atoms with van der Waals surface area (Å²) in [5, 5.41) is 18.2. The zero-order valence-corrected chi connectivity index (χ0v) is 25.2. The Balaban J connectivity index is 1.15. The highest BCUT2D eigenvalue weighted by atomic mass is 35.5. The number of halogens is 1. The lowest BCUT2D eigenvalue weighted by Gasteiger charge is -2.26. The molecule has 4 aromatic carbocycles. The Morgan fingerprint density at radius 2 is 1.77 bits per heavy atom. The largest absolute Gasteiger partial charge is 0.456 e. The molecule has 0 saturated carbocycles. The SMILES string of the molecule is N#Cc1cnc2cc(-c3cccc(CNCCCN4CCOCC4)c3)ccc2c1Nc1ccc(Oc2ccccc2)c(Cl)c1. The monoisotopic (exact) mass is 603 g/mol. The first-order chi connectivity index (χ1) is 21.7. The molecule has 0 spiro atoms. The van der Waals surface area contributed by atoms with Crippen molar-refractivity contribution in [3.63, 3.8) is 0 Å². The summed E-state index contributed by atoms with van der Waals surface area (Å²) in [7, 11) is 0. The van der Waals surface area contributed by atoms with Crippen molar-refractivity contribution < 1.29 is 9.47 Å². The van der Waals surface area contributed by atoms with Gasteiger partial charge in [-0.2, -0.15) is 5.26 Å². The molecule has 1 fully saturated rings. The van der Waals surface area contributed by atoms with Crippen LogP contribution in [-0.4, -0.2) is 49.3 Å². The highest BCUT2D eigenvalue weighted by Gasteiger charge is 2.13. The van der Waals surface area contributed by atoms with Crippen LogP contribution in [0.4, 0.5) is 11.4 Å². The number of ether oxygens (including phenoxy) is 2. The Hall–Kier alpha value is -4.45. The van der Waals surface area contributed by atoms with Crippen LogP contribution in [0.15, 0.2) is 97.2 Å². The molecular formula is C36H34ClN5O2. The van der Waals surface area contributed by atoms with Crippen molar-refractivity contribution in [2.75, 3.05) is 44.7 Å². The van der Waals surface area contributed by atoms with Gasteiger partial charge in [-0.3, -0.25) is 9.88 Å². The van der Waals surface area contributed by atoms with E-state index < -0.39 is 0 Å². The normalized spacial score (nSPS) is 13.5. The third-order valence-corrected chi connectivity index (χ3v) is 7.98. The van der Waals surface area contributed by atoms with Gasteiger partial charge >= 0.3 is 0 Å². The molecule has 1 aromatic heterocycles. The van der Waals surface area contributed by atoms with Crippen molar-refractivity contribution in [3.05, 3.63) is 113 Å². The number of hydrogen-bond donors (Lipinski definition) is 2. The average Bonchev–Trinajstić information content (AvgIpc) is 3.07. The lowest BCUT2D eigenvalue weighted by atomic mass is 10.00. The Kier molecular flexibility index (Phi) is 9.66. The van der Waals surface area contributed by atoms with Crippen LogP contribution < -0.4 is 15.4 Å². The molecule has 0 aliphatic carbocycles. The summed E-state index contributed by atoms with van der Waals surface area (Å²) >= 11 is 6.57. The Bertz CT molecular complexity index is 1770. The van der Waals surface area contributed by atoms with Crippen molar-refractivity contribution in [2.45, 2.75) is 13.0 Å². The van der Waals surface area contributed by atoms with E-state index in [-0.39, 0.29) is 0 Å². The van der Waals surface area contributed by atoms with Crippen molar-refractivity contribution in [3.8, 4) is 28.7 Å². The van der Waals surface area contributed by atoms with Crippen LogP contribution in [0, 0.1) is 11.3 Å². The summed E-state index contributed by atoms with van der Waals surface area (Å²) in [4.78, 5) is 7.08. The second-order valence-electron chi connectivity index (χ2n) is 10.8. The second kappa shape index (κ2) is 14.3. The van der Waals surface area contributed by atoms with Crippen LogP contribution in [0.3, 0.4) is 0 Å². The van der Waals surface area contributed by atoms with Gasteiger partial charge in [0.15, 0.2) is 0 Å². The third kappa shape index (κ3) is 7.36. The number of anilines is 2. The van der Waals surface area contributed by atoms with Crippen LogP contribution in [-0.2, 0) is 11.3 Å². The molecule has 1 aliphatic heterocycles. The van der Waals surface area contributed by atoms with Crippen LogP contribution in [0.25, 0.3) is 22.0 Å². The summed E-state index contributed by atoms with van der Waals surface area (Å²) in [6.07, 6.45) is 2.73. The molecule has 44 heavy (non-hydrogen) atoms. The standard InChI is InChI=1S/C36H34ClN5O2/c37-33-22-30(11-13-35(33)44-31-8-2-1-3-9-31)41-36-29(23-38)25-40-34-21-28(10-12-32(34)36)27-7-4-6-26(20-27)24-39-14-5-15-42-16-18-43-19-17-42/h1-4,6-13,20-22,25,39H,5,14-19,24H2,(H,40,41). The minimum atomic E-state index is 0.452. The van der Waals surface area contributed by atoms with E-state index in [1.54, 1.807) is 12.3 Å². The van der Waals surface area contributed by atoms with Gasteiger partial charge in [0, 0.05) is 36.9 Å². The van der Waals surface area contributed by atoms with Crippen molar-refractivity contribution in [1.82, 2.24) is 15.2 Å². The Morgan fingerprint density at radius 1 is 0.932 bits per heavy atom. The molecule has 0 bridgehead atoms. The number of morpholine rings is 1. The van der Waals surface area contributed by atoms with Gasteiger partial charge < -0.3 is 20.1 Å². The fourth-order valence-electron chi connectivity index (χ4n) is 5.36. The zero-order chi connectivity index (χ0) is 30.1. The highest BCUT2D eigenvalue weighted by Crippen LogP contribution is 2.35. The smallest absolute Gasteiger partial charge is 0.146 e. The third-order valence-electron chi connectivity index (χ3n) is 7.68. The van der Waals surface area contributed by atoms with Crippen LogP contribution in [0.1, 0.15) is 17.5 Å². The molecule has 2 heterocycles. The van der Waals surface area contributed by atoms with E-state index in [0.29, 0.717) is 27.8 Å². The summed E-state index contributed by atoms with van der Waals surface area (Å²) in [5.74, 6) is 1.26. The van der Waals surface area contributed by atoms with Gasteiger partial charge in [0.05, 0.1) is 35.0 Å². The van der Waals surface area contributed by atoms with Gasteiger partial charge in [-0.15, -0.1) is 0 Å². The van der Waals surface area contributed by atoms with E-state index in [9.17, 15) is 5.26 Å². The first-order valence-electron chi connectivity index (χ1n) is 14.9. The average molecular weight is 604 g/mol. The quantitative estimate of drug-likeness (QED) is 0.149. The predicted octanol–water partition coefficient (Wildman–Crippen LogP) is 7.77. The van der Waals surface area contributed by atoms with E-state index in [1.165, 1.54) is 5.56 Å². The number of benzene rings is 4. The molecule has 6 rings (SSSR count). The fourth-order valence-corrected chi connectivity index (χ4v) is 5.58. The molecule has 0 amide bonds. The van der Waals surface area contributed by atoms with Crippen molar-refractivity contribution in [2.24, 2.45) is 0 Å². The van der Waals surface area contributed by atoms with E-state index in [2.05, 4.69) is 63.0 Å². The molecule has 5 aromatic rings. The minimum Gasteiger partial charge on any atom is -0.456 e. The lowest BCUT2D eigenvalue weighted by molar-refractivity contribution is 0.0374. The van der Waals surface area contributed by atoms with Gasteiger partial charge in [0.25, 0.3) is 0 Å². The molecule has 0 radical (unpaired) electrons. The number of nitrogens with one attached hydrogen (secondary N) is 2. The number of aromatic nitrogens is 1. The molecule has 0 atom stereocenters. The van der Waals surface area contributed by atoms with Crippen LogP contribution in [0.5, 0.6) is 11.5 Å². The summed E-state index contributed by atoms with van der Waals surface area (Å²) < 4.78 is 11.4. The van der Waals surface area contributed by atoms with Gasteiger partial charge in [-0.25, -0.2) is 0 Å². The van der Waals surface area contributed by atoms with Gasteiger partial charge in [0.2, 0.25) is 0 Å². The van der Waals surface area contributed by atoms with E-state index in [4.69, 9.17) is 21.1 Å². The van der Waals surface area contributed by atoms with Gasteiger partial charge in [0.1, 0.15) is 17.6 Å². The minimum absolute atomic E-state index is 0.452. The lowest BCUT2D eigenvalue weighted by Crippen LogP contribution is -2.37. The summed E-state index contributed by atoms with van der Waals surface area (Å²) in [6, 6.07) is 32.0. The molecule has 1 aliphatic rings. The molecule has 8 heteroatoms. The van der Waals surface area contributed by atoms with E-state index in [0.717, 1.165) is 80.1 Å². The number of nitriles is 1. The zero-order valence-electron chi connectivity index (χ0n) is 24.4. The molecule has 0 unspecified atom stereocenters. The van der Waals surface area contributed by atoms with Crippen molar-refractivity contribution in [1.29, 1.82) is 5.26 Å². The maximum atomic E-state index is 9.86. The Labute approximate surface area is 263 Å². The van der Waals surface area contributed by atoms with Crippen molar-refractivity contribution >= 4 is 33.9 Å². The summed E-state index contributed by atoms with van der Waals surface area (Å²) in [5.41, 5.74) is 6.11. The van der Waals surface area contributed by atoms with Gasteiger partial charge in [-0.1, -0.05) is 60.1 Å². The molecule has 222 valence electrons.